The minimum atomic E-state index is -0.812. The number of aryl methyl sites for hydroxylation is 2. The van der Waals surface area contributed by atoms with Gasteiger partial charge >= 0.3 is 5.97 Å². The molecule has 0 aliphatic carbocycles. The fourth-order valence-electron chi connectivity index (χ4n) is 1.93. The highest BCUT2D eigenvalue weighted by Crippen LogP contribution is 2.27. The van der Waals surface area contributed by atoms with Crippen LogP contribution in [-0.2, 0) is 4.79 Å². The third-order valence-corrected chi connectivity index (χ3v) is 4.76. The fraction of sp³-hybridized carbons (Fsp3) is 0.462. The zero-order chi connectivity index (χ0) is 14.0. The van der Waals surface area contributed by atoms with Crippen LogP contribution in [0.5, 0.6) is 5.75 Å². The van der Waals surface area contributed by atoms with Gasteiger partial charge in [0, 0.05) is 10.8 Å². The molecule has 0 amide bonds. The second kappa shape index (κ2) is 6.03. The van der Waals surface area contributed by atoms with Gasteiger partial charge in [-0.1, -0.05) is 11.6 Å². The van der Waals surface area contributed by atoms with Crippen LogP contribution in [0.4, 0.5) is 0 Å². The maximum atomic E-state index is 10.8. The average molecular weight is 302 g/mol. The molecule has 1 saturated heterocycles. The van der Waals surface area contributed by atoms with Gasteiger partial charge in [0.25, 0.3) is 0 Å². The number of benzene rings is 1. The number of halogens is 1. The third-order valence-electron chi connectivity index (χ3n) is 2.96. The van der Waals surface area contributed by atoms with E-state index in [1.165, 1.54) is 0 Å². The maximum absolute atomic E-state index is 10.8. The van der Waals surface area contributed by atoms with Crippen LogP contribution in [0.1, 0.15) is 11.1 Å². The summed E-state index contributed by atoms with van der Waals surface area (Å²) in [6.07, 6.45) is 0. The van der Waals surface area contributed by atoms with E-state index in [2.05, 4.69) is 5.32 Å². The Kier molecular flexibility index (Phi) is 4.60. The van der Waals surface area contributed by atoms with Gasteiger partial charge in [-0.2, -0.15) is 0 Å². The molecule has 0 saturated carbocycles. The number of carbonyl (C=O) groups is 1. The second-order valence-corrected chi connectivity index (χ2v) is 6.18. The van der Waals surface area contributed by atoms with Crippen molar-refractivity contribution in [1.82, 2.24) is 5.32 Å². The molecule has 1 heterocycles. The van der Waals surface area contributed by atoms with Crippen molar-refractivity contribution in [3.8, 4) is 5.75 Å². The second-order valence-electron chi connectivity index (χ2n) is 4.56. The monoisotopic (exact) mass is 301 g/mol. The van der Waals surface area contributed by atoms with E-state index in [0.717, 1.165) is 21.9 Å². The summed E-state index contributed by atoms with van der Waals surface area (Å²) in [6.45, 7) is 4.31. The predicted molar refractivity (Wildman–Crippen MR) is 77.2 cm³/mol. The Hall–Kier alpha value is -0.910. The number of thioether (sulfide) groups is 1. The number of rotatable bonds is 4. The van der Waals surface area contributed by atoms with Crippen molar-refractivity contribution in [2.24, 2.45) is 0 Å². The van der Waals surface area contributed by atoms with Crippen molar-refractivity contribution in [3.05, 3.63) is 28.3 Å². The highest BCUT2D eigenvalue weighted by Gasteiger charge is 2.29. The Morgan fingerprint density at radius 3 is 2.68 bits per heavy atom. The SMILES string of the molecule is Cc1cc(OCC2NC(C(=O)O)CS2)cc(C)c1Cl. The highest BCUT2D eigenvalue weighted by molar-refractivity contribution is 8.00. The lowest BCUT2D eigenvalue weighted by Gasteiger charge is -2.14. The van der Waals surface area contributed by atoms with Gasteiger partial charge in [0.2, 0.25) is 0 Å². The van der Waals surface area contributed by atoms with Gasteiger partial charge < -0.3 is 9.84 Å². The van der Waals surface area contributed by atoms with Gasteiger partial charge in [-0.3, -0.25) is 10.1 Å². The minimum Gasteiger partial charge on any atom is -0.491 e. The Morgan fingerprint density at radius 2 is 2.16 bits per heavy atom. The summed E-state index contributed by atoms with van der Waals surface area (Å²) in [5.74, 6) is 0.524. The standard InChI is InChI=1S/C13H16ClNO3S/c1-7-3-9(4-8(2)12(7)14)18-5-11-15-10(6-19-11)13(16)17/h3-4,10-11,15H,5-6H2,1-2H3,(H,16,17). The van der Waals surface area contributed by atoms with Crippen LogP contribution in [0, 0.1) is 13.8 Å². The number of carboxylic acid groups (broad SMARTS) is 1. The fourth-order valence-corrected chi connectivity index (χ4v) is 3.13. The topological polar surface area (TPSA) is 58.6 Å². The van der Waals surface area contributed by atoms with Crippen molar-refractivity contribution in [2.75, 3.05) is 12.4 Å². The molecule has 19 heavy (non-hydrogen) atoms. The summed E-state index contributed by atoms with van der Waals surface area (Å²) < 4.78 is 5.70. The van der Waals surface area contributed by atoms with Crippen LogP contribution in [-0.4, -0.2) is 34.9 Å². The molecule has 0 aromatic heterocycles. The van der Waals surface area contributed by atoms with Crippen LogP contribution < -0.4 is 10.1 Å². The van der Waals surface area contributed by atoms with E-state index in [0.29, 0.717) is 12.4 Å². The molecule has 1 fully saturated rings. The molecule has 2 rings (SSSR count). The number of carboxylic acids is 1. The summed E-state index contributed by atoms with van der Waals surface area (Å²) in [4.78, 5) is 10.8. The van der Waals surface area contributed by atoms with E-state index < -0.39 is 12.0 Å². The molecule has 2 N–H and O–H groups in total. The molecule has 1 aromatic carbocycles. The predicted octanol–water partition coefficient (Wildman–Crippen LogP) is 2.45. The van der Waals surface area contributed by atoms with Gasteiger partial charge in [-0.25, -0.2) is 0 Å². The van der Waals surface area contributed by atoms with Gasteiger partial charge in [0.05, 0.1) is 5.37 Å². The third kappa shape index (κ3) is 3.55. The summed E-state index contributed by atoms with van der Waals surface area (Å²) in [5.41, 5.74) is 1.96. The lowest BCUT2D eigenvalue weighted by Crippen LogP contribution is -2.38. The number of aliphatic carboxylic acids is 1. The summed E-state index contributed by atoms with van der Waals surface area (Å²) >= 11 is 7.66. The Labute approximate surface area is 121 Å². The Balaban J connectivity index is 1.91. The van der Waals surface area contributed by atoms with Crippen LogP contribution >= 0.6 is 23.4 Å². The minimum absolute atomic E-state index is 0.0115. The lowest BCUT2D eigenvalue weighted by atomic mass is 10.1. The van der Waals surface area contributed by atoms with E-state index >= 15 is 0 Å². The molecular formula is C13H16ClNO3S. The van der Waals surface area contributed by atoms with Gasteiger partial charge in [0.15, 0.2) is 0 Å². The van der Waals surface area contributed by atoms with E-state index in [1.807, 2.05) is 26.0 Å². The van der Waals surface area contributed by atoms with Crippen LogP contribution in [0.25, 0.3) is 0 Å². The normalized spacial score (nSPS) is 22.5. The van der Waals surface area contributed by atoms with Crippen LogP contribution in [0.3, 0.4) is 0 Å². The first-order valence-corrected chi connectivity index (χ1v) is 7.40. The summed E-state index contributed by atoms with van der Waals surface area (Å²) in [5, 5.41) is 12.7. The number of ether oxygens (including phenoxy) is 1. The smallest absolute Gasteiger partial charge is 0.321 e. The largest absolute Gasteiger partial charge is 0.491 e. The molecule has 1 aromatic rings. The molecular weight excluding hydrogens is 286 g/mol. The van der Waals surface area contributed by atoms with E-state index in [1.54, 1.807) is 11.8 Å². The zero-order valence-corrected chi connectivity index (χ0v) is 12.3. The number of hydrogen-bond donors (Lipinski definition) is 2. The van der Waals surface area contributed by atoms with Crippen molar-refractivity contribution in [1.29, 1.82) is 0 Å². The van der Waals surface area contributed by atoms with Crippen molar-refractivity contribution >= 4 is 29.3 Å². The van der Waals surface area contributed by atoms with Crippen LogP contribution in [0.15, 0.2) is 12.1 Å². The van der Waals surface area contributed by atoms with Gasteiger partial charge in [-0.15, -0.1) is 11.8 Å². The molecule has 0 bridgehead atoms. The first kappa shape index (κ1) is 14.5. The first-order chi connectivity index (χ1) is 8.97. The first-order valence-electron chi connectivity index (χ1n) is 5.97. The van der Waals surface area contributed by atoms with E-state index in [4.69, 9.17) is 21.4 Å². The molecule has 2 unspecified atom stereocenters. The Morgan fingerprint density at radius 1 is 1.53 bits per heavy atom. The molecule has 0 radical (unpaired) electrons. The average Bonchev–Trinajstić information content (AvgIpc) is 2.82. The molecule has 104 valence electrons. The molecule has 1 aliphatic heterocycles. The quantitative estimate of drug-likeness (QED) is 0.894. The molecule has 0 spiro atoms. The highest BCUT2D eigenvalue weighted by atomic mass is 35.5. The van der Waals surface area contributed by atoms with E-state index in [9.17, 15) is 4.79 Å². The zero-order valence-electron chi connectivity index (χ0n) is 10.8. The van der Waals surface area contributed by atoms with Gasteiger partial charge in [0.1, 0.15) is 18.4 Å². The van der Waals surface area contributed by atoms with Gasteiger partial charge in [-0.05, 0) is 37.1 Å². The van der Waals surface area contributed by atoms with Crippen molar-refractivity contribution in [3.63, 3.8) is 0 Å². The molecule has 1 aliphatic rings. The number of hydrogen-bond acceptors (Lipinski definition) is 4. The van der Waals surface area contributed by atoms with Crippen molar-refractivity contribution in [2.45, 2.75) is 25.3 Å². The molecule has 4 nitrogen and oxygen atoms in total. The Bertz CT molecular complexity index is 472. The lowest BCUT2D eigenvalue weighted by molar-refractivity contribution is -0.138. The summed E-state index contributed by atoms with van der Waals surface area (Å²) in [6, 6.07) is 3.31. The number of nitrogens with one attached hydrogen (secondary N) is 1. The maximum Gasteiger partial charge on any atom is 0.321 e. The van der Waals surface area contributed by atoms with Crippen LogP contribution in [0.2, 0.25) is 5.02 Å². The van der Waals surface area contributed by atoms with E-state index in [-0.39, 0.29) is 5.37 Å². The molecule has 6 heteroatoms. The van der Waals surface area contributed by atoms with Crippen molar-refractivity contribution < 1.29 is 14.6 Å². The molecule has 2 atom stereocenters. The summed E-state index contributed by atoms with van der Waals surface area (Å²) in [7, 11) is 0.